The van der Waals surface area contributed by atoms with E-state index in [2.05, 4.69) is 13.8 Å². The van der Waals surface area contributed by atoms with E-state index in [4.69, 9.17) is 28.2 Å². The Labute approximate surface area is 179 Å². The van der Waals surface area contributed by atoms with Crippen molar-refractivity contribution in [1.29, 1.82) is 0 Å². The Morgan fingerprint density at radius 2 is 1.66 bits per heavy atom. The van der Waals surface area contributed by atoms with Crippen molar-refractivity contribution >= 4 is 46.2 Å². The fourth-order valence-corrected chi connectivity index (χ4v) is 5.44. The van der Waals surface area contributed by atoms with Gasteiger partial charge in [0.1, 0.15) is 5.78 Å². The van der Waals surface area contributed by atoms with Crippen LogP contribution in [0.3, 0.4) is 0 Å². The van der Waals surface area contributed by atoms with Crippen LogP contribution in [-0.2, 0) is 4.79 Å². The van der Waals surface area contributed by atoms with Crippen molar-refractivity contribution in [3.05, 3.63) is 74.8 Å². The zero-order valence-electron chi connectivity index (χ0n) is 16.1. The summed E-state index contributed by atoms with van der Waals surface area (Å²) in [6.07, 6.45) is 1.17. The first-order valence-electron chi connectivity index (χ1n) is 9.71. The van der Waals surface area contributed by atoms with E-state index in [1.165, 1.54) is 0 Å². The van der Waals surface area contributed by atoms with Crippen molar-refractivity contribution < 1.29 is 9.59 Å². The van der Waals surface area contributed by atoms with Crippen LogP contribution in [0.15, 0.2) is 53.0 Å². The third kappa shape index (κ3) is 2.75. The van der Waals surface area contributed by atoms with Gasteiger partial charge < -0.3 is 0 Å². The number of hydrogen-bond acceptors (Lipinski definition) is 3. The van der Waals surface area contributed by atoms with E-state index in [9.17, 15) is 9.59 Å². The number of aliphatic imine (C=N–C) groups is 1. The van der Waals surface area contributed by atoms with Crippen molar-refractivity contribution in [1.82, 2.24) is 0 Å². The third-order valence-electron chi connectivity index (χ3n) is 6.16. The Morgan fingerprint density at radius 1 is 0.931 bits per heavy atom. The normalized spacial score (nSPS) is 24.8. The predicted octanol–water partition coefficient (Wildman–Crippen LogP) is 6.14. The van der Waals surface area contributed by atoms with E-state index < -0.39 is 11.8 Å². The van der Waals surface area contributed by atoms with Crippen molar-refractivity contribution in [2.75, 3.05) is 0 Å². The molecule has 1 unspecified atom stereocenters. The first kappa shape index (κ1) is 18.8. The van der Waals surface area contributed by atoms with Crippen LogP contribution < -0.4 is 0 Å². The standard InChI is InChI=1S/C24H19Cl2NO2/c1-24(2)10-16-19(17(28)11-24)18(14-8-5-9-15(25)21(14)26)20-22(27-16)12-6-3-4-7-13(12)23(20)29/h3-9,18-19H,10-11H2,1-2H3/t18-,19?/m1/s1. The SMILES string of the molecule is CC1(C)CC(=O)C2C(=NC3=C(C(=O)c4ccccc43)[C@@H]2c2cccc(Cl)c2Cl)C1. The van der Waals surface area contributed by atoms with Gasteiger partial charge in [0, 0.05) is 34.8 Å². The maximum Gasteiger partial charge on any atom is 0.192 e. The molecule has 0 N–H and O–H groups in total. The minimum Gasteiger partial charge on any atom is -0.299 e. The van der Waals surface area contributed by atoms with Crippen LogP contribution in [0.25, 0.3) is 5.70 Å². The highest BCUT2D eigenvalue weighted by Gasteiger charge is 2.50. The van der Waals surface area contributed by atoms with Crippen LogP contribution >= 0.6 is 23.2 Å². The molecule has 0 saturated heterocycles. The molecule has 2 aromatic carbocycles. The van der Waals surface area contributed by atoms with Gasteiger partial charge in [-0.15, -0.1) is 0 Å². The number of allylic oxidation sites excluding steroid dienone is 1. The average molecular weight is 424 g/mol. The van der Waals surface area contributed by atoms with Crippen LogP contribution in [0.5, 0.6) is 0 Å². The number of ketones is 2. The van der Waals surface area contributed by atoms with E-state index in [0.717, 1.165) is 16.8 Å². The maximum absolute atomic E-state index is 13.4. The summed E-state index contributed by atoms with van der Waals surface area (Å²) in [7, 11) is 0. The van der Waals surface area contributed by atoms with E-state index in [-0.39, 0.29) is 17.0 Å². The Kier molecular flexibility index (Phi) is 4.13. The molecule has 5 heteroatoms. The zero-order valence-corrected chi connectivity index (χ0v) is 17.6. The number of Topliss-reactive ketones (excluding diaryl/α,β-unsaturated/α-hetero) is 2. The Morgan fingerprint density at radius 3 is 2.41 bits per heavy atom. The second kappa shape index (κ2) is 6.38. The molecule has 0 bridgehead atoms. The minimum atomic E-state index is -0.476. The lowest BCUT2D eigenvalue weighted by atomic mass is 9.63. The molecule has 1 saturated carbocycles. The average Bonchev–Trinajstić information content (AvgIpc) is 2.94. The molecule has 2 atom stereocenters. The van der Waals surface area contributed by atoms with E-state index >= 15 is 0 Å². The highest BCUT2D eigenvalue weighted by atomic mass is 35.5. The topological polar surface area (TPSA) is 46.5 Å². The van der Waals surface area contributed by atoms with Crippen LogP contribution in [0.1, 0.15) is 54.1 Å². The highest BCUT2D eigenvalue weighted by Crippen LogP contribution is 2.53. The largest absolute Gasteiger partial charge is 0.299 e. The molecule has 0 aromatic heterocycles. The second-order valence-corrected chi connectivity index (χ2v) is 9.61. The summed E-state index contributed by atoms with van der Waals surface area (Å²) in [6.45, 7) is 4.17. The van der Waals surface area contributed by atoms with Crippen LogP contribution in [0, 0.1) is 11.3 Å². The molecule has 2 aromatic rings. The lowest BCUT2D eigenvalue weighted by Gasteiger charge is -2.40. The number of rotatable bonds is 1. The molecule has 0 radical (unpaired) electrons. The maximum atomic E-state index is 13.4. The Balaban J connectivity index is 1.79. The number of hydrogen-bond donors (Lipinski definition) is 0. The molecular weight excluding hydrogens is 405 g/mol. The number of carbonyl (C=O) groups excluding carboxylic acids is 2. The van der Waals surface area contributed by atoms with Gasteiger partial charge in [-0.05, 0) is 23.5 Å². The molecule has 29 heavy (non-hydrogen) atoms. The number of benzene rings is 2. The van der Waals surface area contributed by atoms with Crippen LogP contribution in [-0.4, -0.2) is 17.3 Å². The van der Waals surface area contributed by atoms with Gasteiger partial charge in [-0.2, -0.15) is 0 Å². The summed E-state index contributed by atoms with van der Waals surface area (Å²) in [6, 6.07) is 12.9. The monoisotopic (exact) mass is 423 g/mol. The summed E-state index contributed by atoms with van der Waals surface area (Å²) in [5, 5.41) is 0.815. The first-order valence-corrected chi connectivity index (χ1v) is 10.5. The van der Waals surface area contributed by atoms with Gasteiger partial charge >= 0.3 is 0 Å². The van der Waals surface area contributed by atoms with Crippen molar-refractivity contribution in [3.8, 4) is 0 Å². The zero-order chi connectivity index (χ0) is 20.5. The number of fused-ring (bicyclic) bond motifs is 3. The minimum absolute atomic E-state index is 0.0722. The molecule has 2 aliphatic carbocycles. The van der Waals surface area contributed by atoms with Gasteiger partial charge in [0.15, 0.2) is 5.78 Å². The molecule has 0 spiro atoms. The van der Waals surface area contributed by atoms with E-state index in [0.29, 0.717) is 39.7 Å². The van der Waals surface area contributed by atoms with Crippen LogP contribution in [0.2, 0.25) is 10.0 Å². The van der Waals surface area contributed by atoms with Gasteiger partial charge in [-0.25, -0.2) is 0 Å². The van der Waals surface area contributed by atoms with Gasteiger partial charge in [0.25, 0.3) is 0 Å². The van der Waals surface area contributed by atoms with Gasteiger partial charge in [-0.3, -0.25) is 14.6 Å². The molecule has 5 rings (SSSR count). The summed E-state index contributed by atoms with van der Waals surface area (Å²) < 4.78 is 0. The van der Waals surface area contributed by atoms with Crippen molar-refractivity contribution in [2.45, 2.75) is 32.6 Å². The van der Waals surface area contributed by atoms with Gasteiger partial charge in [0.05, 0.1) is 21.7 Å². The van der Waals surface area contributed by atoms with Crippen molar-refractivity contribution in [2.24, 2.45) is 16.3 Å². The summed E-state index contributed by atoms with van der Waals surface area (Å²) in [5.74, 6) is -0.906. The Hall–Kier alpha value is -2.23. The molecule has 1 fully saturated rings. The van der Waals surface area contributed by atoms with Crippen molar-refractivity contribution in [3.63, 3.8) is 0 Å². The smallest absolute Gasteiger partial charge is 0.192 e. The fraction of sp³-hybridized carbons (Fsp3) is 0.292. The molecule has 0 amide bonds. The lowest BCUT2D eigenvalue weighted by molar-refractivity contribution is -0.124. The van der Waals surface area contributed by atoms with E-state index in [1.54, 1.807) is 6.07 Å². The van der Waals surface area contributed by atoms with Gasteiger partial charge in [-0.1, -0.05) is 73.4 Å². The summed E-state index contributed by atoms with van der Waals surface area (Å²) >= 11 is 12.9. The molecule has 3 nitrogen and oxygen atoms in total. The number of nitrogens with zero attached hydrogens (tertiary/aromatic N) is 1. The molecular formula is C24H19Cl2NO2. The van der Waals surface area contributed by atoms with E-state index in [1.807, 2.05) is 36.4 Å². The summed E-state index contributed by atoms with van der Waals surface area (Å²) in [5.41, 5.74) is 4.12. The molecule has 146 valence electrons. The summed E-state index contributed by atoms with van der Waals surface area (Å²) in [4.78, 5) is 31.6. The van der Waals surface area contributed by atoms with Crippen LogP contribution in [0.4, 0.5) is 0 Å². The molecule has 1 heterocycles. The number of halogens is 2. The predicted molar refractivity (Wildman–Crippen MR) is 116 cm³/mol. The lowest BCUT2D eigenvalue weighted by Crippen LogP contribution is -2.43. The Bertz CT molecular complexity index is 1160. The third-order valence-corrected chi connectivity index (χ3v) is 6.99. The fourth-order valence-electron chi connectivity index (χ4n) is 5.02. The molecule has 1 aliphatic heterocycles. The quantitative estimate of drug-likeness (QED) is 0.552. The highest BCUT2D eigenvalue weighted by molar-refractivity contribution is 6.42. The van der Waals surface area contributed by atoms with Gasteiger partial charge in [0.2, 0.25) is 0 Å². The number of carbonyl (C=O) groups is 2. The second-order valence-electron chi connectivity index (χ2n) is 8.82. The molecule has 3 aliphatic rings. The first-order chi connectivity index (χ1) is 13.8.